The van der Waals surface area contributed by atoms with E-state index in [9.17, 15) is 0 Å². The van der Waals surface area contributed by atoms with Gasteiger partial charge in [0.05, 0.1) is 0 Å². The molecule has 0 saturated carbocycles. The molecule has 3 aromatic rings. The van der Waals surface area contributed by atoms with Gasteiger partial charge in [0.15, 0.2) is 0 Å². The average molecular weight is 302 g/mol. The SMILES string of the molecule is Cc1ccccc1-c1c(C)cc(C)c(-c2ccccc2C)[n+]1C. The van der Waals surface area contributed by atoms with Crippen LogP contribution in [-0.4, -0.2) is 0 Å². The topological polar surface area (TPSA) is 3.88 Å². The van der Waals surface area contributed by atoms with Gasteiger partial charge in [-0.1, -0.05) is 36.4 Å². The number of hydrogen-bond acceptors (Lipinski definition) is 0. The second kappa shape index (κ2) is 6.00. The van der Waals surface area contributed by atoms with E-state index < -0.39 is 0 Å². The lowest BCUT2D eigenvalue weighted by atomic mass is 9.95. The van der Waals surface area contributed by atoms with Crippen LogP contribution < -0.4 is 4.57 Å². The fourth-order valence-corrected chi connectivity index (χ4v) is 3.57. The van der Waals surface area contributed by atoms with Crippen LogP contribution in [0, 0.1) is 27.7 Å². The van der Waals surface area contributed by atoms with Gasteiger partial charge in [-0.25, -0.2) is 0 Å². The van der Waals surface area contributed by atoms with Gasteiger partial charge in [-0.05, 0) is 57.0 Å². The van der Waals surface area contributed by atoms with Crippen molar-refractivity contribution < 1.29 is 4.57 Å². The third-order valence-electron chi connectivity index (χ3n) is 4.65. The fourth-order valence-electron chi connectivity index (χ4n) is 3.57. The number of aryl methyl sites for hydroxylation is 4. The summed E-state index contributed by atoms with van der Waals surface area (Å²) < 4.78 is 2.36. The maximum Gasteiger partial charge on any atom is 0.215 e. The third kappa shape index (κ3) is 2.68. The van der Waals surface area contributed by atoms with Crippen molar-refractivity contribution in [2.45, 2.75) is 27.7 Å². The van der Waals surface area contributed by atoms with Crippen LogP contribution in [0.15, 0.2) is 54.6 Å². The van der Waals surface area contributed by atoms with E-state index in [1.807, 2.05) is 0 Å². The minimum absolute atomic E-state index is 1.30. The first-order valence-corrected chi connectivity index (χ1v) is 8.13. The van der Waals surface area contributed by atoms with Crippen molar-refractivity contribution in [3.05, 3.63) is 76.9 Å². The van der Waals surface area contributed by atoms with E-state index >= 15 is 0 Å². The molecule has 0 N–H and O–H groups in total. The van der Waals surface area contributed by atoms with Gasteiger partial charge in [0.25, 0.3) is 0 Å². The normalized spacial score (nSPS) is 10.8. The van der Waals surface area contributed by atoms with Gasteiger partial charge in [-0.3, -0.25) is 0 Å². The van der Waals surface area contributed by atoms with Crippen LogP contribution in [-0.2, 0) is 7.05 Å². The molecule has 23 heavy (non-hydrogen) atoms. The van der Waals surface area contributed by atoms with Crippen LogP contribution in [0.1, 0.15) is 22.3 Å². The summed E-state index contributed by atoms with van der Waals surface area (Å²) in [5.74, 6) is 0. The molecule has 0 radical (unpaired) electrons. The lowest BCUT2D eigenvalue weighted by Crippen LogP contribution is -2.36. The largest absolute Gasteiger partial charge is 0.215 e. The highest BCUT2D eigenvalue weighted by Crippen LogP contribution is 2.29. The van der Waals surface area contributed by atoms with Crippen molar-refractivity contribution in [1.29, 1.82) is 0 Å². The first kappa shape index (κ1) is 15.5. The summed E-state index contributed by atoms with van der Waals surface area (Å²) in [6, 6.07) is 19.6. The van der Waals surface area contributed by atoms with E-state index in [2.05, 4.69) is 93.9 Å². The molecule has 0 unspecified atom stereocenters. The summed E-state index contributed by atoms with van der Waals surface area (Å²) in [5, 5.41) is 0. The quantitative estimate of drug-likeness (QED) is 0.581. The lowest BCUT2D eigenvalue weighted by Gasteiger charge is -2.14. The number of benzene rings is 2. The van der Waals surface area contributed by atoms with Gasteiger partial charge in [-0.15, -0.1) is 0 Å². The van der Waals surface area contributed by atoms with Gasteiger partial charge < -0.3 is 0 Å². The first-order valence-electron chi connectivity index (χ1n) is 8.13. The molecular formula is C22H24N+. The van der Waals surface area contributed by atoms with Gasteiger partial charge in [0.2, 0.25) is 11.4 Å². The molecule has 116 valence electrons. The highest BCUT2D eigenvalue weighted by Gasteiger charge is 2.23. The minimum Gasteiger partial charge on any atom is -0.194 e. The number of pyridine rings is 1. The number of aromatic nitrogens is 1. The molecule has 0 aliphatic rings. The molecule has 0 saturated heterocycles. The number of nitrogens with zero attached hydrogens (tertiary/aromatic N) is 1. The standard InChI is InChI=1S/C22H24N/c1-15-10-6-8-12-19(15)21-17(3)14-18(4)22(23(21)5)20-13-9-7-11-16(20)2/h6-14H,1-5H3/q+1. The molecular weight excluding hydrogens is 278 g/mol. The molecule has 0 amide bonds. The van der Waals surface area contributed by atoms with E-state index in [0.717, 1.165) is 0 Å². The molecule has 1 aromatic heterocycles. The van der Waals surface area contributed by atoms with Crippen LogP contribution >= 0.6 is 0 Å². The maximum atomic E-state index is 2.36. The molecule has 1 nitrogen and oxygen atoms in total. The summed E-state index contributed by atoms with van der Waals surface area (Å²) in [4.78, 5) is 0. The third-order valence-corrected chi connectivity index (χ3v) is 4.65. The summed E-state index contributed by atoms with van der Waals surface area (Å²) in [5.41, 5.74) is 10.5. The molecule has 0 fully saturated rings. The Morgan fingerprint density at radius 3 is 1.35 bits per heavy atom. The van der Waals surface area contributed by atoms with E-state index in [0.29, 0.717) is 0 Å². The molecule has 0 aliphatic carbocycles. The Morgan fingerprint density at radius 2 is 0.957 bits per heavy atom. The number of hydrogen-bond donors (Lipinski definition) is 0. The molecule has 2 aromatic carbocycles. The Bertz CT molecular complexity index is 805. The highest BCUT2D eigenvalue weighted by atomic mass is 15.0. The zero-order valence-corrected chi connectivity index (χ0v) is 14.6. The van der Waals surface area contributed by atoms with E-state index in [4.69, 9.17) is 0 Å². The zero-order valence-electron chi connectivity index (χ0n) is 14.6. The molecule has 0 aliphatic heterocycles. The van der Waals surface area contributed by atoms with Crippen molar-refractivity contribution in [1.82, 2.24) is 0 Å². The predicted octanol–water partition coefficient (Wildman–Crippen LogP) is 5.08. The van der Waals surface area contributed by atoms with Crippen molar-refractivity contribution in [2.75, 3.05) is 0 Å². The van der Waals surface area contributed by atoms with E-state index in [1.165, 1.54) is 44.8 Å². The van der Waals surface area contributed by atoms with Crippen LogP contribution in [0.3, 0.4) is 0 Å². The summed E-state index contributed by atoms with van der Waals surface area (Å²) in [6.45, 7) is 8.77. The molecule has 0 bridgehead atoms. The van der Waals surface area contributed by atoms with Crippen molar-refractivity contribution in [3.8, 4) is 22.5 Å². The minimum atomic E-state index is 1.30. The Balaban J connectivity index is 2.35. The Kier molecular flexibility index (Phi) is 4.04. The monoisotopic (exact) mass is 302 g/mol. The Labute approximate surface area is 139 Å². The highest BCUT2D eigenvalue weighted by molar-refractivity contribution is 5.69. The molecule has 0 spiro atoms. The molecule has 1 heterocycles. The summed E-state index contributed by atoms with van der Waals surface area (Å²) in [6.07, 6.45) is 0. The maximum absolute atomic E-state index is 2.36. The van der Waals surface area contributed by atoms with Crippen LogP contribution in [0.5, 0.6) is 0 Å². The molecule has 3 rings (SSSR count). The van der Waals surface area contributed by atoms with Crippen molar-refractivity contribution in [3.63, 3.8) is 0 Å². The van der Waals surface area contributed by atoms with E-state index in [-0.39, 0.29) is 0 Å². The van der Waals surface area contributed by atoms with Gasteiger partial charge in [0, 0.05) is 22.3 Å². The second-order valence-electron chi connectivity index (χ2n) is 6.40. The van der Waals surface area contributed by atoms with Gasteiger partial charge >= 0.3 is 0 Å². The van der Waals surface area contributed by atoms with Gasteiger partial charge in [0.1, 0.15) is 7.05 Å². The van der Waals surface area contributed by atoms with Crippen LogP contribution in [0.25, 0.3) is 22.5 Å². The van der Waals surface area contributed by atoms with Crippen molar-refractivity contribution >= 4 is 0 Å². The van der Waals surface area contributed by atoms with Crippen molar-refractivity contribution in [2.24, 2.45) is 7.05 Å². The van der Waals surface area contributed by atoms with E-state index in [1.54, 1.807) is 0 Å². The lowest BCUT2D eigenvalue weighted by molar-refractivity contribution is -0.649. The van der Waals surface area contributed by atoms with Gasteiger partial charge in [-0.2, -0.15) is 4.57 Å². The second-order valence-corrected chi connectivity index (χ2v) is 6.40. The predicted molar refractivity (Wildman–Crippen MR) is 97.4 cm³/mol. The first-order chi connectivity index (χ1) is 11.0. The summed E-state index contributed by atoms with van der Waals surface area (Å²) >= 11 is 0. The van der Waals surface area contributed by atoms with Crippen LogP contribution in [0.2, 0.25) is 0 Å². The fraction of sp³-hybridized carbons (Fsp3) is 0.227. The molecule has 1 heteroatoms. The smallest absolute Gasteiger partial charge is 0.194 e. The van der Waals surface area contributed by atoms with Crippen LogP contribution in [0.4, 0.5) is 0 Å². The average Bonchev–Trinajstić information content (AvgIpc) is 2.50. The summed E-state index contributed by atoms with van der Waals surface area (Å²) in [7, 11) is 2.18. The Morgan fingerprint density at radius 1 is 0.565 bits per heavy atom. The zero-order chi connectivity index (χ0) is 16.6. The molecule has 0 atom stereocenters. The number of rotatable bonds is 2. The Hall–Kier alpha value is -2.41.